The Balaban J connectivity index is 2.99. The SMILES string of the molecule is COc1ccc(N)c(C(=O)CCO)c1. The minimum absolute atomic E-state index is 0.0807. The Labute approximate surface area is 82.3 Å². The first-order valence-electron chi connectivity index (χ1n) is 4.26. The minimum atomic E-state index is -0.177. The van der Waals surface area contributed by atoms with Gasteiger partial charge in [0.2, 0.25) is 0 Å². The Kier molecular flexibility index (Phi) is 3.48. The lowest BCUT2D eigenvalue weighted by atomic mass is 10.1. The topological polar surface area (TPSA) is 72.5 Å². The summed E-state index contributed by atoms with van der Waals surface area (Å²) in [6.07, 6.45) is 0.0807. The largest absolute Gasteiger partial charge is 0.497 e. The fourth-order valence-corrected chi connectivity index (χ4v) is 1.14. The van der Waals surface area contributed by atoms with E-state index in [4.69, 9.17) is 15.6 Å². The van der Waals surface area contributed by atoms with E-state index in [1.807, 2.05) is 0 Å². The number of nitrogens with two attached hydrogens (primary N) is 1. The van der Waals surface area contributed by atoms with Gasteiger partial charge in [0.1, 0.15) is 5.75 Å². The van der Waals surface area contributed by atoms with Crippen LogP contribution in [0.25, 0.3) is 0 Å². The smallest absolute Gasteiger partial charge is 0.167 e. The number of benzene rings is 1. The number of rotatable bonds is 4. The van der Waals surface area contributed by atoms with E-state index >= 15 is 0 Å². The van der Waals surface area contributed by atoms with Gasteiger partial charge in [-0.1, -0.05) is 0 Å². The first-order chi connectivity index (χ1) is 6.69. The zero-order valence-electron chi connectivity index (χ0n) is 7.99. The first kappa shape index (κ1) is 10.5. The van der Waals surface area contributed by atoms with Crippen LogP contribution in [-0.2, 0) is 0 Å². The molecule has 1 rings (SSSR count). The van der Waals surface area contributed by atoms with E-state index in [1.165, 1.54) is 7.11 Å². The number of hydrogen-bond donors (Lipinski definition) is 2. The molecule has 3 N–H and O–H groups in total. The number of nitrogen functional groups attached to an aromatic ring is 1. The zero-order valence-corrected chi connectivity index (χ0v) is 7.99. The molecule has 0 aromatic heterocycles. The number of aliphatic hydroxyl groups excluding tert-OH is 1. The van der Waals surface area contributed by atoms with Crippen molar-refractivity contribution in [3.05, 3.63) is 23.8 Å². The highest BCUT2D eigenvalue weighted by molar-refractivity contribution is 6.01. The van der Waals surface area contributed by atoms with E-state index in [9.17, 15) is 4.79 Å². The van der Waals surface area contributed by atoms with Crippen molar-refractivity contribution in [3.63, 3.8) is 0 Å². The number of Topliss-reactive ketones (excluding diaryl/α,β-unsaturated/α-hetero) is 1. The lowest BCUT2D eigenvalue weighted by molar-refractivity contribution is 0.0957. The number of carbonyl (C=O) groups is 1. The van der Waals surface area contributed by atoms with E-state index < -0.39 is 0 Å². The van der Waals surface area contributed by atoms with Crippen molar-refractivity contribution >= 4 is 11.5 Å². The maximum Gasteiger partial charge on any atom is 0.167 e. The van der Waals surface area contributed by atoms with Crippen LogP contribution in [0.1, 0.15) is 16.8 Å². The molecule has 0 spiro atoms. The Morgan fingerprint density at radius 3 is 2.86 bits per heavy atom. The summed E-state index contributed by atoms with van der Waals surface area (Å²) < 4.78 is 4.97. The summed E-state index contributed by atoms with van der Waals surface area (Å²) in [6, 6.07) is 4.88. The molecule has 1 aromatic carbocycles. The number of carbonyl (C=O) groups excluding carboxylic acids is 1. The molecule has 76 valence electrons. The van der Waals surface area contributed by atoms with E-state index in [0.717, 1.165) is 0 Å². The quantitative estimate of drug-likeness (QED) is 0.551. The molecule has 0 saturated carbocycles. The molecule has 0 fully saturated rings. The molecule has 0 bridgehead atoms. The summed E-state index contributed by atoms with van der Waals surface area (Å²) in [4.78, 5) is 11.4. The van der Waals surface area contributed by atoms with Gasteiger partial charge in [-0.05, 0) is 18.2 Å². The van der Waals surface area contributed by atoms with Crippen LogP contribution in [-0.4, -0.2) is 24.6 Å². The summed E-state index contributed by atoms with van der Waals surface area (Å²) in [6.45, 7) is -0.171. The van der Waals surface area contributed by atoms with Gasteiger partial charge >= 0.3 is 0 Å². The fourth-order valence-electron chi connectivity index (χ4n) is 1.14. The zero-order chi connectivity index (χ0) is 10.6. The van der Waals surface area contributed by atoms with Crippen molar-refractivity contribution in [2.75, 3.05) is 19.5 Å². The number of ether oxygens (including phenoxy) is 1. The normalized spacial score (nSPS) is 9.86. The first-order valence-corrected chi connectivity index (χ1v) is 4.26. The van der Waals surface area contributed by atoms with Crippen LogP contribution in [0.2, 0.25) is 0 Å². The maximum absolute atomic E-state index is 11.4. The van der Waals surface area contributed by atoms with Gasteiger partial charge < -0.3 is 15.6 Å². The average molecular weight is 195 g/mol. The van der Waals surface area contributed by atoms with Crippen LogP contribution in [0.3, 0.4) is 0 Å². The molecule has 0 heterocycles. The molecule has 4 heteroatoms. The van der Waals surface area contributed by atoms with Gasteiger partial charge in [-0.25, -0.2) is 0 Å². The molecular weight excluding hydrogens is 182 g/mol. The molecule has 0 unspecified atom stereocenters. The molecule has 4 nitrogen and oxygen atoms in total. The van der Waals surface area contributed by atoms with Crippen molar-refractivity contribution in [2.45, 2.75) is 6.42 Å². The second-order valence-corrected chi connectivity index (χ2v) is 2.85. The number of anilines is 1. The van der Waals surface area contributed by atoms with Crippen LogP contribution in [0.5, 0.6) is 5.75 Å². The predicted octanol–water partition coefficient (Wildman–Crippen LogP) is 0.843. The van der Waals surface area contributed by atoms with Crippen molar-refractivity contribution in [2.24, 2.45) is 0 Å². The standard InChI is InChI=1S/C10H13NO3/c1-14-7-2-3-9(11)8(6-7)10(13)4-5-12/h2-3,6,12H,4-5,11H2,1H3. The van der Waals surface area contributed by atoms with Crippen molar-refractivity contribution < 1.29 is 14.6 Å². The molecule has 1 aromatic rings. The van der Waals surface area contributed by atoms with E-state index in [1.54, 1.807) is 18.2 Å². The van der Waals surface area contributed by atoms with Crippen molar-refractivity contribution in [1.29, 1.82) is 0 Å². The van der Waals surface area contributed by atoms with Crippen LogP contribution in [0.15, 0.2) is 18.2 Å². The molecule has 0 atom stereocenters. The maximum atomic E-state index is 11.4. The van der Waals surface area contributed by atoms with Crippen molar-refractivity contribution in [1.82, 2.24) is 0 Å². The summed E-state index contributed by atoms with van der Waals surface area (Å²) in [5.74, 6) is 0.407. The molecule has 0 radical (unpaired) electrons. The fraction of sp³-hybridized carbons (Fsp3) is 0.300. The molecule has 14 heavy (non-hydrogen) atoms. The highest BCUT2D eigenvalue weighted by Crippen LogP contribution is 2.20. The van der Waals surface area contributed by atoms with Crippen molar-refractivity contribution in [3.8, 4) is 5.75 Å². The summed E-state index contributed by atoms with van der Waals surface area (Å²) in [7, 11) is 1.52. The average Bonchev–Trinajstić information content (AvgIpc) is 2.19. The van der Waals surface area contributed by atoms with Gasteiger partial charge in [0.15, 0.2) is 5.78 Å². The second-order valence-electron chi connectivity index (χ2n) is 2.85. The summed E-state index contributed by atoms with van der Waals surface area (Å²) >= 11 is 0. The third kappa shape index (κ3) is 2.23. The van der Waals surface area contributed by atoms with E-state index in [-0.39, 0.29) is 18.8 Å². The van der Waals surface area contributed by atoms with E-state index in [2.05, 4.69) is 0 Å². The summed E-state index contributed by atoms with van der Waals surface area (Å²) in [5.41, 5.74) is 6.43. The Hall–Kier alpha value is -1.55. The van der Waals surface area contributed by atoms with Crippen LogP contribution in [0.4, 0.5) is 5.69 Å². The third-order valence-corrected chi connectivity index (χ3v) is 1.90. The van der Waals surface area contributed by atoms with E-state index in [0.29, 0.717) is 17.0 Å². The van der Waals surface area contributed by atoms with Gasteiger partial charge in [-0.3, -0.25) is 4.79 Å². The predicted molar refractivity (Wildman–Crippen MR) is 53.4 cm³/mol. The van der Waals surface area contributed by atoms with Crippen LogP contribution >= 0.6 is 0 Å². The second kappa shape index (κ2) is 4.62. The number of aliphatic hydroxyl groups is 1. The molecule has 0 aliphatic carbocycles. The lowest BCUT2D eigenvalue weighted by Crippen LogP contribution is -2.05. The monoisotopic (exact) mass is 195 g/mol. The van der Waals surface area contributed by atoms with Gasteiger partial charge in [-0.15, -0.1) is 0 Å². The van der Waals surface area contributed by atoms with Gasteiger partial charge in [0.05, 0.1) is 13.7 Å². The third-order valence-electron chi connectivity index (χ3n) is 1.90. The summed E-state index contributed by atoms with van der Waals surface area (Å²) in [5, 5.41) is 8.62. The minimum Gasteiger partial charge on any atom is -0.497 e. The molecule has 0 amide bonds. The number of methoxy groups -OCH3 is 1. The number of ketones is 1. The molecule has 0 aliphatic heterocycles. The molecule has 0 saturated heterocycles. The highest BCUT2D eigenvalue weighted by atomic mass is 16.5. The Morgan fingerprint density at radius 1 is 1.57 bits per heavy atom. The highest BCUT2D eigenvalue weighted by Gasteiger charge is 2.09. The lowest BCUT2D eigenvalue weighted by Gasteiger charge is -2.06. The van der Waals surface area contributed by atoms with Gasteiger partial charge in [0, 0.05) is 17.7 Å². The number of hydrogen-bond acceptors (Lipinski definition) is 4. The molecule has 0 aliphatic rings. The molecular formula is C10H13NO3. The Morgan fingerprint density at radius 2 is 2.29 bits per heavy atom. The van der Waals surface area contributed by atoms with Crippen LogP contribution in [0, 0.1) is 0 Å². The Bertz CT molecular complexity index is 336. The van der Waals surface area contributed by atoms with Crippen LogP contribution < -0.4 is 10.5 Å². The van der Waals surface area contributed by atoms with Gasteiger partial charge in [0.25, 0.3) is 0 Å². The van der Waals surface area contributed by atoms with Gasteiger partial charge in [-0.2, -0.15) is 0 Å².